The van der Waals surface area contributed by atoms with Gasteiger partial charge in [0, 0.05) is 32.3 Å². The number of rotatable bonds is 8. The highest BCUT2D eigenvalue weighted by atomic mass is 16.2. The standard InChI is InChI=1S/C19H24N4O2/c1-15(16-7-3-2-4-8-16)22-19(25)17(13-20)14-21-10-6-12-23-11-5-9-18(23)24/h2-4,7-8,14-15,21H,5-6,9-12H2,1H3,(H,22,25)/b17-14-. The van der Waals surface area contributed by atoms with E-state index in [1.807, 2.05) is 48.2 Å². The van der Waals surface area contributed by atoms with Crippen LogP contribution in [-0.4, -0.2) is 36.3 Å². The lowest BCUT2D eigenvalue weighted by Gasteiger charge is -2.15. The maximum absolute atomic E-state index is 12.2. The van der Waals surface area contributed by atoms with Gasteiger partial charge in [0.25, 0.3) is 5.91 Å². The average Bonchev–Trinajstić information content (AvgIpc) is 3.03. The summed E-state index contributed by atoms with van der Waals surface area (Å²) < 4.78 is 0. The minimum absolute atomic E-state index is 0.0417. The molecule has 0 bridgehead atoms. The Morgan fingerprint density at radius 3 is 2.80 bits per heavy atom. The monoisotopic (exact) mass is 340 g/mol. The number of likely N-dealkylation sites (tertiary alicyclic amines) is 1. The smallest absolute Gasteiger partial charge is 0.263 e. The van der Waals surface area contributed by atoms with Crippen LogP contribution in [0.4, 0.5) is 0 Å². The summed E-state index contributed by atoms with van der Waals surface area (Å²) in [5, 5.41) is 15.0. The van der Waals surface area contributed by atoms with E-state index in [-0.39, 0.29) is 17.5 Å². The van der Waals surface area contributed by atoms with Crippen LogP contribution in [0.25, 0.3) is 0 Å². The van der Waals surface area contributed by atoms with Crippen molar-refractivity contribution >= 4 is 11.8 Å². The first-order chi connectivity index (χ1) is 12.1. The van der Waals surface area contributed by atoms with Crippen LogP contribution in [0.1, 0.15) is 37.8 Å². The Hall–Kier alpha value is -2.81. The highest BCUT2D eigenvalue weighted by Crippen LogP contribution is 2.12. The maximum Gasteiger partial charge on any atom is 0.263 e. The fourth-order valence-electron chi connectivity index (χ4n) is 2.73. The molecule has 132 valence electrons. The zero-order valence-electron chi connectivity index (χ0n) is 14.5. The molecule has 1 atom stereocenters. The first-order valence-electron chi connectivity index (χ1n) is 8.59. The Labute approximate surface area is 148 Å². The molecule has 2 amide bonds. The molecule has 1 unspecified atom stereocenters. The average molecular weight is 340 g/mol. The quantitative estimate of drug-likeness (QED) is 0.430. The minimum atomic E-state index is -0.402. The van der Waals surface area contributed by atoms with Crippen LogP contribution in [0, 0.1) is 11.3 Å². The van der Waals surface area contributed by atoms with E-state index in [2.05, 4.69) is 10.6 Å². The van der Waals surface area contributed by atoms with Gasteiger partial charge in [0.2, 0.25) is 5.91 Å². The van der Waals surface area contributed by atoms with E-state index in [4.69, 9.17) is 0 Å². The first kappa shape index (κ1) is 18.5. The van der Waals surface area contributed by atoms with E-state index in [0.29, 0.717) is 19.5 Å². The predicted octanol–water partition coefficient (Wildman–Crippen LogP) is 1.87. The lowest BCUT2D eigenvalue weighted by Crippen LogP contribution is -2.29. The largest absolute Gasteiger partial charge is 0.390 e. The van der Waals surface area contributed by atoms with Crippen LogP contribution in [0.5, 0.6) is 0 Å². The molecule has 2 N–H and O–H groups in total. The fourth-order valence-corrected chi connectivity index (χ4v) is 2.73. The zero-order chi connectivity index (χ0) is 18.1. The van der Waals surface area contributed by atoms with E-state index < -0.39 is 5.91 Å². The second-order valence-corrected chi connectivity index (χ2v) is 6.07. The molecule has 0 aromatic heterocycles. The van der Waals surface area contributed by atoms with Crippen molar-refractivity contribution < 1.29 is 9.59 Å². The zero-order valence-corrected chi connectivity index (χ0v) is 14.5. The Morgan fingerprint density at radius 1 is 1.40 bits per heavy atom. The summed E-state index contributed by atoms with van der Waals surface area (Å²) in [6.45, 7) is 4.02. The van der Waals surface area contributed by atoms with Gasteiger partial charge in [0.05, 0.1) is 6.04 Å². The molecular weight excluding hydrogens is 316 g/mol. The number of benzene rings is 1. The molecule has 1 fully saturated rings. The summed E-state index contributed by atoms with van der Waals surface area (Å²) in [6, 6.07) is 11.3. The number of amides is 2. The summed E-state index contributed by atoms with van der Waals surface area (Å²) in [5.41, 5.74) is 1.02. The van der Waals surface area contributed by atoms with Crippen molar-refractivity contribution in [1.82, 2.24) is 15.5 Å². The third-order valence-corrected chi connectivity index (χ3v) is 4.18. The first-order valence-corrected chi connectivity index (χ1v) is 8.59. The molecule has 0 spiro atoms. The SMILES string of the molecule is CC(NC(=O)/C(C#N)=C\NCCCN1CCCC1=O)c1ccccc1. The third-order valence-electron chi connectivity index (χ3n) is 4.18. The molecule has 1 aromatic carbocycles. The van der Waals surface area contributed by atoms with E-state index in [1.54, 1.807) is 0 Å². The maximum atomic E-state index is 12.2. The van der Waals surface area contributed by atoms with Crippen LogP contribution in [0.15, 0.2) is 42.1 Å². The molecule has 25 heavy (non-hydrogen) atoms. The van der Waals surface area contributed by atoms with E-state index >= 15 is 0 Å². The molecule has 1 aromatic rings. The van der Waals surface area contributed by atoms with Gasteiger partial charge in [-0.05, 0) is 25.3 Å². The summed E-state index contributed by atoms with van der Waals surface area (Å²) in [4.78, 5) is 25.5. The third kappa shape index (κ3) is 5.64. The van der Waals surface area contributed by atoms with Gasteiger partial charge in [-0.25, -0.2) is 0 Å². The molecular formula is C19H24N4O2. The Kier molecular flexibility index (Phi) is 7.02. The van der Waals surface area contributed by atoms with Crippen LogP contribution < -0.4 is 10.6 Å². The van der Waals surface area contributed by atoms with Gasteiger partial charge in [0.1, 0.15) is 11.6 Å². The fraction of sp³-hybridized carbons (Fsp3) is 0.421. The van der Waals surface area contributed by atoms with Crippen LogP contribution in [-0.2, 0) is 9.59 Å². The number of nitriles is 1. The second-order valence-electron chi connectivity index (χ2n) is 6.07. The summed E-state index contributed by atoms with van der Waals surface area (Å²) in [7, 11) is 0. The molecule has 2 rings (SSSR count). The molecule has 1 heterocycles. The van der Waals surface area contributed by atoms with Crippen LogP contribution >= 0.6 is 0 Å². The summed E-state index contributed by atoms with van der Waals surface area (Å²) in [5.74, 6) is -0.191. The highest BCUT2D eigenvalue weighted by Gasteiger charge is 2.19. The molecule has 0 aliphatic carbocycles. The van der Waals surface area contributed by atoms with E-state index in [9.17, 15) is 14.9 Å². The Morgan fingerprint density at radius 2 is 2.16 bits per heavy atom. The van der Waals surface area contributed by atoms with Crippen molar-refractivity contribution in [3.63, 3.8) is 0 Å². The number of carbonyl (C=O) groups is 2. The number of nitrogens with one attached hydrogen (secondary N) is 2. The molecule has 0 radical (unpaired) electrons. The van der Waals surface area contributed by atoms with Gasteiger partial charge in [-0.1, -0.05) is 30.3 Å². The Balaban J connectivity index is 1.76. The lowest BCUT2D eigenvalue weighted by atomic mass is 10.1. The highest BCUT2D eigenvalue weighted by molar-refractivity contribution is 5.97. The summed E-state index contributed by atoms with van der Waals surface area (Å²) >= 11 is 0. The number of hydrogen-bond donors (Lipinski definition) is 2. The predicted molar refractivity (Wildman–Crippen MR) is 95.1 cm³/mol. The molecule has 0 saturated carbocycles. The van der Waals surface area contributed by atoms with Crippen molar-refractivity contribution in [2.45, 2.75) is 32.2 Å². The van der Waals surface area contributed by atoms with Gasteiger partial charge < -0.3 is 15.5 Å². The molecule has 1 saturated heterocycles. The number of nitrogens with zero attached hydrogens (tertiary/aromatic N) is 2. The molecule has 1 aliphatic rings. The van der Waals surface area contributed by atoms with Crippen molar-refractivity contribution in [3.8, 4) is 6.07 Å². The minimum Gasteiger partial charge on any atom is -0.390 e. The Bertz CT molecular complexity index is 664. The van der Waals surface area contributed by atoms with Crippen molar-refractivity contribution in [2.24, 2.45) is 0 Å². The van der Waals surface area contributed by atoms with Gasteiger partial charge in [-0.3, -0.25) is 9.59 Å². The van der Waals surface area contributed by atoms with Crippen LogP contribution in [0.2, 0.25) is 0 Å². The normalized spacial score (nSPS) is 15.6. The van der Waals surface area contributed by atoms with Crippen molar-refractivity contribution in [3.05, 3.63) is 47.7 Å². The topological polar surface area (TPSA) is 85.2 Å². The molecule has 6 heteroatoms. The van der Waals surface area contributed by atoms with Gasteiger partial charge >= 0.3 is 0 Å². The van der Waals surface area contributed by atoms with Crippen molar-refractivity contribution in [2.75, 3.05) is 19.6 Å². The number of hydrogen-bond acceptors (Lipinski definition) is 4. The van der Waals surface area contributed by atoms with Gasteiger partial charge in [-0.2, -0.15) is 5.26 Å². The number of carbonyl (C=O) groups excluding carboxylic acids is 2. The lowest BCUT2D eigenvalue weighted by molar-refractivity contribution is -0.127. The second kappa shape index (κ2) is 9.48. The van der Waals surface area contributed by atoms with Gasteiger partial charge in [-0.15, -0.1) is 0 Å². The van der Waals surface area contributed by atoms with Crippen molar-refractivity contribution in [1.29, 1.82) is 5.26 Å². The van der Waals surface area contributed by atoms with E-state index in [0.717, 1.165) is 24.9 Å². The van der Waals surface area contributed by atoms with Gasteiger partial charge in [0.15, 0.2) is 0 Å². The molecule has 1 aliphatic heterocycles. The molecule has 6 nitrogen and oxygen atoms in total. The van der Waals surface area contributed by atoms with E-state index in [1.165, 1.54) is 6.20 Å². The summed E-state index contributed by atoms with van der Waals surface area (Å²) in [6.07, 6.45) is 3.80. The van der Waals surface area contributed by atoms with Crippen LogP contribution in [0.3, 0.4) is 0 Å².